The molecule has 0 aliphatic heterocycles. The molecule has 160 valence electrons. The average Bonchev–Trinajstić information content (AvgIpc) is 3.15. The zero-order valence-corrected chi connectivity index (χ0v) is 17.9. The van der Waals surface area contributed by atoms with Crippen LogP contribution in [0.2, 0.25) is 0 Å². The van der Waals surface area contributed by atoms with Gasteiger partial charge < -0.3 is 21.9 Å². The van der Waals surface area contributed by atoms with Crippen LogP contribution in [0, 0.1) is 0 Å². The summed E-state index contributed by atoms with van der Waals surface area (Å²) in [4.78, 5) is 8.27. The highest BCUT2D eigenvalue weighted by atomic mass is 16.3. The van der Waals surface area contributed by atoms with Gasteiger partial charge >= 0.3 is 0 Å². The number of aromatic nitrogens is 2. The summed E-state index contributed by atoms with van der Waals surface area (Å²) in [5.41, 5.74) is 13.1. The molecule has 0 fully saturated rings. The maximum absolute atomic E-state index is 9.48. The van der Waals surface area contributed by atoms with Crippen LogP contribution in [0.5, 0.6) is 0 Å². The highest BCUT2D eigenvalue weighted by Crippen LogP contribution is 2.23. The van der Waals surface area contributed by atoms with Crippen molar-refractivity contribution in [3.05, 3.63) is 42.1 Å². The van der Waals surface area contributed by atoms with Gasteiger partial charge in [0, 0.05) is 24.8 Å². The van der Waals surface area contributed by atoms with E-state index in [0.717, 1.165) is 36.3 Å². The summed E-state index contributed by atoms with van der Waals surface area (Å²) in [6.45, 7) is 6.83. The molecular weight excluding hydrogens is 366 g/mol. The zero-order valence-electron chi connectivity index (χ0n) is 17.9. The first-order valence-electron chi connectivity index (χ1n) is 9.94. The monoisotopic (exact) mass is 401 g/mol. The second-order valence-corrected chi connectivity index (χ2v) is 6.89. The number of nitrogens with one attached hydrogen (secondary N) is 1. The standard InChI is InChI=1S/C15H28N6O.C6H7N/c1-5-12(22)7-6-8-18-10-19-14-13(11(2)3)9-20-21(14)15(16)17-4;7-6-4-2-1-3-5-6/h9-12,22H,5-8H2,1-4H3,(H2,16,17)(H,18,19);1-5H,7H2/t12-;/m0./s1. The lowest BCUT2D eigenvalue weighted by Crippen LogP contribution is -2.25. The van der Waals surface area contributed by atoms with E-state index < -0.39 is 0 Å². The molecule has 0 saturated carbocycles. The molecule has 29 heavy (non-hydrogen) atoms. The number of aliphatic hydroxyl groups excluding tert-OH is 1. The molecule has 0 radical (unpaired) electrons. The number of anilines is 2. The van der Waals surface area contributed by atoms with Crippen LogP contribution in [-0.2, 0) is 0 Å². The first kappa shape index (κ1) is 24.2. The predicted octanol–water partition coefficient (Wildman–Crippen LogP) is 3.06. The van der Waals surface area contributed by atoms with Crippen LogP contribution >= 0.6 is 0 Å². The van der Waals surface area contributed by atoms with Gasteiger partial charge in [-0.15, -0.1) is 0 Å². The number of aliphatic hydroxyl groups is 1. The van der Waals surface area contributed by atoms with Crippen molar-refractivity contribution in [1.29, 1.82) is 0 Å². The van der Waals surface area contributed by atoms with Gasteiger partial charge in [-0.1, -0.05) is 39.0 Å². The fourth-order valence-electron chi connectivity index (χ4n) is 2.44. The second-order valence-electron chi connectivity index (χ2n) is 6.89. The molecule has 0 aliphatic rings. The first-order chi connectivity index (χ1) is 13.9. The Bertz CT molecular complexity index is 754. The average molecular weight is 402 g/mol. The lowest BCUT2D eigenvalue weighted by molar-refractivity contribution is 0.158. The van der Waals surface area contributed by atoms with Crippen molar-refractivity contribution in [2.75, 3.05) is 24.6 Å². The van der Waals surface area contributed by atoms with E-state index >= 15 is 0 Å². The Labute approximate surface area is 173 Å². The van der Waals surface area contributed by atoms with E-state index in [1.54, 1.807) is 24.3 Å². The molecular formula is C21H35N7O. The van der Waals surface area contributed by atoms with Crippen molar-refractivity contribution in [2.24, 2.45) is 15.7 Å². The number of para-hydroxylation sites is 1. The van der Waals surface area contributed by atoms with E-state index in [1.807, 2.05) is 37.3 Å². The number of nitrogens with two attached hydrogens (primary N) is 2. The van der Waals surface area contributed by atoms with Gasteiger partial charge in [0.05, 0.1) is 18.6 Å². The molecule has 0 saturated heterocycles. The minimum Gasteiger partial charge on any atom is -0.399 e. The molecule has 0 bridgehead atoms. The summed E-state index contributed by atoms with van der Waals surface area (Å²) < 4.78 is 1.57. The fourth-order valence-corrected chi connectivity index (χ4v) is 2.44. The smallest absolute Gasteiger partial charge is 0.218 e. The summed E-state index contributed by atoms with van der Waals surface area (Å²) in [5.74, 6) is 1.43. The molecule has 1 aromatic heterocycles. The quantitative estimate of drug-likeness (QED) is 0.234. The third kappa shape index (κ3) is 8.78. The van der Waals surface area contributed by atoms with Crippen molar-refractivity contribution in [2.45, 2.75) is 52.1 Å². The van der Waals surface area contributed by atoms with Crippen LogP contribution in [0.4, 0.5) is 11.5 Å². The van der Waals surface area contributed by atoms with Gasteiger partial charge in [0.15, 0.2) is 0 Å². The van der Waals surface area contributed by atoms with Gasteiger partial charge in [0.2, 0.25) is 5.96 Å². The maximum atomic E-state index is 9.48. The number of benzene rings is 1. The van der Waals surface area contributed by atoms with Gasteiger partial charge in [0.25, 0.3) is 0 Å². The molecule has 0 unspecified atom stereocenters. The minimum atomic E-state index is -0.224. The van der Waals surface area contributed by atoms with Gasteiger partial charge in [-0.25, -0.2) is 0 Å². The van der Waals surface area contributed by atoms with Crippen LogP contribution in [0.3, 0.4) is 0 Å². The molecule has 1 atom stereocenters. The van der Waals surface area contributed by atoms with Crippen LogP contribution in [0.1, 0.15) is 51.5 Å². The SMILES string of the molecule is CC[C@H](O)CCCN=CNc1c(C(C)C)cnn1C(N)=NC.Nc1ccccc1. The summed E-state index contributed by atoms with van der Waals surface area (Å²) in [6.07, 6.45) is 5.64. The fraction of sp³-hybridized carbons (Fsp3) is 0.476. The first-order valence-corrected chi connectivity index (χ1v) is 9.94. The highest BCUT2D eigenvalue weighted by molar-refractivity contribution is 5.87. The molecule has 8 heteroatoms. The number of hydrogen-bond acceptors (Lipinski definition) is 5. The Morgan fingerprint density at radius 2 is 2.00 bits per heavy atom. The second kappa shape index (κ2) is 13.3. The van der Waals surface area contributed by atoms with Crippen molar-refractivity contribution >= 4 is 23.8 Å². The molecule has 0 aliphatic carbocycles. The largest absolute Gasteiger partial charge is 0.399 e. The van der Waals surface area contributed by atoms with Crippen molar-refractivity contribution in [3.63, 3.8) is 0 Å². The van der Waals surface area contributed by atoms with Crippen LogP contribution in [0.25, 0.3) is 0 Å². The molecule has 8 nitrogen and oxygen atoms in total. The Hall–Kier alpha value is -2.87. The van der Waals surface area contributed by atoms with E-state index in [-0.39, 0.29) is 6.10 Å². The normalized spacial score (nSPS) is 12.7. The van der Waals surface area contributed by atoms with Gasteiger partial charge in [-0.3, -0.25) is 9.98 Å². The summed E-state index contributed by atoms with van der Waals surface area (Å²) in [7, 11) is 1.63. The van der Waals surface area contributed by atoms with E-state index in [9.17, 15) is 5.11 Å². The highest BCUT2D eigenvalue weighted by Gasteiger charge is 2.14. The number of hydrogen-bond donors (Lipinski definition) is 4. The lowest BCUT2D eigenvalue weighted by Gasteiger charge is -2.10. The molecule has 2 rings (SSSR count). The third-order valence-corrected chi connectivity index (χ3v) is 4.25. The molecule has 0 spiro atoms. The van der Waals surface area contributed by atoms with Crippen molar-refractivity contribution < 1.29 is 5.11 Å². The van der Waals surface area contributed by atoms with Crippen LogP contribution in [-0.4, -0.2) is 46.9 Å². The number of nitrogens with zero attached hydrogens (tertiary/aromatic N) is 4. The molecule has 1 heterocycles. The van der Waals surface area contributed by atoms with E-state index in [2.05, 4.69) is 34.2 Å². The Kier molecular flexibility index (Phi) is 11.1. The predicted molar refractivity (Wildman–Crippen MR) is 123 cm³/mol. The number of nitrogen functional groups attached to an aromatic ring is 1. The Morgan fingerprint density at radius 3 is 2.52 bits per heavy atom. The number of aliphatic imine (C=N–C) groups is 2. The molecule has 0 amide bonds. The van der Waals surface area contributed by atoms with Gasteiger partial charge in [0.1, 0.15) is 5.82 Å². The topological polar surface area (TPSA) is 127 Å². The molecule has 1 aromatic carbocycles. The van der Waals surface area contributed by atoms with Gasteiger partial charge in [-0.05, 0) is 37.3 Å². The number of rotatable bonds is 8. The van der Waals surface area contributed by atoms with E-state index in [0.29, 0.717) is 18.4 Å². The third-order valence-electron chi connectivity index (χ3n) is 4.25. The lowest BCUT2D eigenvalue weighted by atomic mass is 10.1. The van der Waals surface area contributed by atoms with E-state index in [4.69, 9.17) is 11.5 Å². The Balaban J connectivity index is 0.000000502. The van der Waals surface area contributed by atoms with Gasteiger partial charge in [-0.2, -0.15) is 9.78 Å². The Morgan fingerprint density at radius 1 is 1.31 bits per heavy atom. The van der Waals surface area contributed by atoms with Crippen LogP contribution in [0.15, 0.2) is 46.5 Å². The van der Waals surface area contributed by atoms with Crippen LogP contribution < -0.4 is 16.8 Å². The summed E-state index contributed by atoms with van der Waals surface area (Å²) in [5, 5.41) is 16.9. The molecule has 6 N–H and O–H groups in total. The van der Waals surface area contributed by atoms with Crippen molar-refractivity contribution in [3.8, 4) is 0 Å². The van der Waals surface area contributed by atoms with Crippen molar-refractivity contribution in [1.82, 2.24) is 9.78 Å². The summed E-state index contributed by atoms with van der Waals surface area (Å²) in [6, 6.07) is 9.49. The zero-order chi connectivity index (χ0) is 21.6. The summed E-state index contributed by atoms with van der Waals surface area (Å²) >= 11 is 0. The molecule has 2 aromatic rings. The van der Waals surface area contributed by atoms with E-state index in [1.165, 1.54) is 0 Å². The maximum Gasteiger partial charge on any atom is 0.218 e. The minimum absolute atomic E-state index is 0.224.